The summed E-state index contributed by atoms with van der Waals surface area (Å²) < 4.78 is 18.5. The number of benzene rings is 2. The van der Waals surface area contributed by atoms with E-state index < -0.39 is 5.82 Å². The van der Waals surface area contributed by atoms with E-state index in [0.29, 0.717) is 11.3 Å². The quantitative estimate of drug-likeness (QED) is 0.761. The highest BCUT2D eigenvalue weighted by atomic mass is 35.5. The summed E-state index contributed by atoms with van der Waals surface area (Å²) in [5.41, 5.74) is 1.42. The molecule has 0 saturated heterocycles. The molecule has 0 radical (unpaired) electrons. The van der Waals surface area contributed by atoms with E-state index in [9.17, 15) is 4.39 Å². The molecular formula is C13H10ClFO. The molecule has 0 N–H and O–H groups in total. The molecule has 0 aliphatic carbocycles. The number of rotatable bonds is 2. The van der Waals surface area contributed by atoms with Gasteiger partial charge in [0, 0.05) is 11.1 Å². The van der Waals surface area contributed by atoms with Crippen LogP contribution in [0.15, 0.2) is 42.5 Å². The Bertz CT molecular complexity index is 511. The average molecular weight is 237 g/mol. The van der Waals surface area contributed by atoms with Gasteiger partial charge in [0.15, 0.2) is 0 Å². The summed E-state index contributed by atoms with van der Waals surface area (Å²) in [5.74, 6) is 0.250. The Balaban J connectivity index is 2.63. The third-order valence-electron chi connectivity index (χ3n) is 2.35. The monoisotopic (exact) mass is 236 g/mol. The van der Waals surface area contributed by atoms with Crippen LogP contribution < -0.4 is 4.74 Å². The Morgan fingerprint density at radius 3 is 2.44 bits per heavy atom. The molecule has 0 saturated carbocycles. The summed E-state index contributed by atoms with van der Waals surface area (Å²) in [5, 5.41) is 0.118. The first-order valence-electron chi connectivity index (χ1n) is 4.81. The number of ether oxygens (including phenoxy) is 1. The number of para-hydroxylation sites is 1. The first-order valence-corrected chi connectivity index (χ1v) is 5.19. The fourth-order valence-corrected chi connectivity index (χ4v) is 1.81. The highest BCUT2D eigenvalue weighted by molar-refractivity contribution is 6.33. The number of hydrogen-bond donors (Lipinski definition) is 0. The Kier molecular flexibility index (Phi) is 3.11. The summed E-state index contributed by atoms with van der Waals surface area (Å²) >= 11 is 5.93. The highest BCUT2D eigenvalue weighted by Gasteiger charge is 2.11. The molecule has 2 aromatic carbocycles. The minimum absolute atomic E-state index is 0.118. The van der Waals surface area contributed by atoms with E-state index in [-0.39, 0.29) is 5.02 Å². The second kappa shape index (κ2) is 4.54. The van der Waals surface area contributed by atoms with Crippen LogP contribution in [0.3, 0.4) is 0 Å². The standard InChI is InChI=1S/C13H10ClFO/c1-16-12-8-3-2-5-9(12)10-6-4-7-11(15)13(10)14/h2-8H,1H3. The van der Waals surface area contributed by atoms with E-state index in [1.807, 2.05) is 24.3 Å². The molecule has 0 fully saturated rings. The zero-order valence-electron chi connectivity index (χ0n) is 8.71. The number of halogens is 2. The average Bonchev–Trinajstić information content (AvgIpc) is 2.33. The van der Waals surface area contributed by atoms with Crippen molar-refractivity contribution in [2.24, 2.45) is 0 Å². The number of methoxy groups -OCH3 is 1. The largest absolute Gasteiger partial charge is 0.496 e. The van der Waals surface area contributed by atoms with Crippen LogP contribution in [0.2, 0.25) is 5.02 Å². The van der Waals surface area contributed by atoms with Crippen LogP contribution >= 0.6 is 11.6 Å². The van der Waals surface area contributed by atoms with Crippen molar-refractivity contribution in [3.8, 4) is 16.9 Å². The molecule has 2 rings (SSSR count). The van der Waals surface area contributed by atoms with Gasteiger partial charge in [-0.25, -0.2) is 4.39 Å². The number of hydrogen-bond acceptors (Lipinski definition) is 1. The maximum absolute atomic E-state index is 13.3. The topological polar surface area (TPSA) is 9.23 Å². The summed E-state index contributed by atoms with van der Waals surface area (Å²) in [6, 6.07) is 12.1. The van der Waals surface area contributed by atoms with Crippen LogP contribution in [0, 0.1) is 5.82 Å². The van der Waals surface area contributed by atoms with Crippen molar-refractivity contribution in [3.05, 3.63) is 53.3 Å². The lowest BCUT2D eigenvalue weighted by atomic mass is 10.0. The second-order valence-corrected chi connectivity index (χ2v) is 3.68. The van der Waals surface area contributed by atoms with Gasteiger partial charge in [-0.1, -0.05) is 41.9 Å². The zero-order valence-corrected chi connectivity index (χ0v) is 9.46. The first-order chi connectivity index (χ1) is 7.74. The van der Waals surface area contributed by atoms with Gasteiger partial charge in [0.2, 0.25) is 0 Å². The molecule has 0 aromatic heterocycles. The van der Waals surface area contributed by atoms with Crippen LogP contribution in [-0.2, 0) is 0 Å². The zero-order chi connectivity index (χ0) is 11.5. The van der Waals surface area contributed by atoms with Crippen molar-refractivity contribution in [2.45, 2.75) is 0 Å². The van der Waals surface area contributed by atoms with Gasteiger partial charge in [-0.15, -0.1) is 0 Å². The van der Waals surface area contributed by atoms with Crippen molar-refractivity contribution in [1.82, 2.24) is 0 Å². The lowest BCUT2D eigenvalue weighted by Gasteiger charge is -2.09. The maximum Gasteiger partial charge on any atom is 0.142 e. The Hall–Kier alpha value is -1.54. The Morgan fingerprint density at radius 1 is 1.00 bits per heavy atom. The maximum atomic E-state index is 13.3. The Labute approximate surface area is 98.4 Å². The normalized spacial score (nSPS) is 10.2. The van der Waals surface area contributed by atoms with Gasteiger partial charge in [0.05, 0.1) is 12.1 Å². The van der Waals surface area contributed by atoms with E-state index >= 15 is 0 Å². The molecule has 82 valence electrons. The Morgan fingerprint density at radius 2 is 1.69 bits per heavy atom. The smallest absolute Gasteiger partial charge is 0.142 e. The fourth-order valence-electron chi connectivity index (χ4n) is 1.58. The van der Waals surface area contributed by atoms with E-state index in [4.69, 9.17) is 16.3 Å². The third kappa shape index (κ3) is 1.89. The molecule has 0 spiro atoms. The lowest BCUT2D eigenvalue weighted by molar-refractivity contribution is 0.416. The second-order valence-electron chi connectivity index (χ2n) is 3.30. The van der Waals surface area contributed by atoms with Crippen LogP contribution in [-0.4, -0.2) is 7.11 Å². The van der Waals surface area contributed by atoms with E-state index in [1.54, 1.807) is 19.2 Å². The van der Waals surface area contributed by atoms with Crippen LogP contribution in [0.1, 0.15) is 0 Å². The first kappa shape index (κ1) is 11.0. The summed E-state index contributed by atoms with van der Waals surface area (Å²) in [4.78, 5) is 0. The van der Waals surface area contributed by atoms with E-state index in [1.165, 1.54) is 6.07 Å². The van der Waals surface area contributed by atoms with Crippen molar-refractivity contribution in [1.29, 1.82) is 0 Å². The van der Waals surface area contributed by atoms with Gasteiger partial charge >= 0.3 is 0 Å². The van der Waals surface area contributed by atoms with Gasteiger partial charge in [0.25, 0.3) is 0 Å². The van der Waals surface area contributed by atoms with Crippen LogP contribution in [0.4, 0.5) is 4.39 Å². The predicted molar refractivity (Wildman–Crippen MR) is 63.4 cm³/mol. The predicted octanol–water partition coefficient (Wildman–Crippen LogP) is 4.15. The van der Waals surface area contributed by atoms with Gasteiger partial charge in [-0.2, -0.15) is 0 Å². The third-order valence-corrected chi connectivity index (χ3v) is 2.73. The van der Waals surface area contributed by atoms with Gasteiger partial charge in [0.1, 0.15) is 11.6 Å². The minimum atomic E-state index is -0.426. The van der Waals surface area contributed by atoms with Crippen molar-refractivity contribution < 1.29 is 9.13 Å². The molecule has 0 aliphatic rings. The molecular weight excluding hydrogens is 227 g/mol. The van der Waals surface area contributed by atoms with E-state index in [2.05, 4.69) is 0 Å². The summed E-state index contributed by atoms with van der Waals surface area (Å²) in [6.45, 7) is 0. The van der Waals surface area contributed by atoms with Crippen LogP contribution in [0.25, 0.3) is 11.1 Å². The molecule has 0 amide bonds. The summed E-state index contributed by atoms with van der Waals surface area (Å²) in [7, 11) is 1.58. The van der Waals surface area contributed by atoms with Gasteiger partial charge in [-0.3, -0.25) is 0 Å². The fraction of sp³-hybridized carbons (Fsp3) is 0.0769. The molecule has 1 nitrogen and oxygen atoms in total. The molecule has 0 atom stereocenters. The molecule has 0 heterocycles. The van der Waals surface area contributed by atoms with Gasteiger partial charge in [-0.05, 0) is 12.1 Å². The van der Waals surface area contributed by atoms with Crippen LogP contribution in [0.5, 0.6) is 5.75 Å². The van der Waals surface area contributed by atoms with E-state index in [0.717, 1.165) is 5.56 Å². The molecule has 2 aromatic rings. The van der Waals surface area contributed by atoms with Crippen molar-refractivity contribution >= 4 is 11.6 Å². The van der Waals surface area contributed by atoms with Crippen molar-refractivity contribution in [2.75, 3.05) is 7.11 Å². The minimum Gasteiger partial charge on any atom is -0.496 e. The highest BCUT2D eigenvalue weighted by Crippen LogP contribution is 2.35. The lowest BCUT2D eigenvalue weighted by Crippen LogP contribution is -1.89. The molecule has 16 heavy (non-hydrogen) atoms. The van der Waals surface area contributed by atoms with Gasteiger partial charge < -0.3 is 4.74 Å². The molecule has 0 unspecified atom stereocenters. The molecule has 3 heteroatoms. The summed E-state index contributed by atoms with van der Waals surface area (Å²) in [6.07, 6.45) is 0. The molecule has 0 bridgehead atoms. The SMILES string of the molecule is COc1ccccc1-c1cccc(F)c1Cl. The van der Waals surface area contributed by atoms with Crippen molar-refractivity contribution in [3.63, 3.8) is 0 Å². The molecule has 0 aliphatic heterocycles.